The van der Waals surface area contributed by atoms with Crippen molar-refractivity contribution in [3.8, 4) is 0 Å². The van der Waals surface area contributed by atoms with Crippen LogP contribution < -0.4 is 0 Å². The van der Waals surface area contributed by atoms with E-state index in [1.165, 1.54) is 0 Å². The van der Waals surface area contributed by atoms with Crippen LogP contribution in [0.3, 0.4) is 0 Å². The van der Waals surface area contributed by atoms with E-state index in [4.69, 9.17) is 4.52 Å². The first kappa shape index (κ1) is 11.1. The van der Waals surface area contributed by atoms with Crippen LogP contribution in [0.2, 0.25) is 0 Å². The Labute approximate surface area is 67.7 Å². The fourth-order valence-corrected chi connectivity index (χ4v) is 1.32. The smallest absolute Gasteiger partial charge is 0.302 e. The molecule has 11 heavy (non-hydrogen) atoms. The summed E-state index contributed by atoms with van der Waals surface area (Å²) in [6.45, 7) is 8.43. The van der Waals surface area contributed by atoms with Crippen LogP contribution in [0.25, 0.3) is 0 Å². The molecule has 0 rings (SSSR count). The minimum atomic E-state index is -3.82. The highest BCUT2D eigenvalue weighted by molar-refractivity contribution is 7.52. The lowest BCUT2D eigenvalue weighted by molar-refractivity contribution is 0.0989. The molecule has 0 aliphatic rings. The van der Waals surface area contributed by atoms with Gasteiger partial charge in [0.1, 0.15) is 0 Å². The van der Waals surface area contributed by atoms with Crippen molar-refractivity contribution in [2.24, 2.45) is 5.41 Å². The molecule has 0 amide bonds. The molecule has 0 radical (unpaired) electrons. The van der Waals surface area contributed by atoms with Gasteiger partial charge in [0.05, 0.1) is 6.10 Å². The summed E-state index contributed by atoms with van der Waals surface area (Å²) in [5, 5.41) is 0. The van der Waals surface area contributed by atoms with Gasteiger partial charge >= 0.3 is 7.68 Å². The standard InChI is InChI=1S/C7H16FO2P/c1-6(7(2,3)4)10-11(5,8)9/h6H,1-5H3/t6-,11?/m0/s1. The summed E-state index contributed by atoms with van der Waals surface area (Å²) in [7, 11) is -3.82. The first-order valence-corrected chi connectivity index (χ1v) is 5.55. The van der Waals surface area contributed by atoms with Gasteiger partial charge in [-0.1, -0.05) is 20.8 Å². The highest BCUT2D eigenvalue weighted by atomic mass is 31.2. The Morgan fingerprint density at radius 1 is 1.45 bits per heavy atom. The molecular weight excluding hydrogens is 166 g/mol. The van der Waals surface area contributed by atoms with E-state index in [9.17, 15) is 8.76 Å². The van der Waals surface area contributed by atoms with Crippen molar-refractivity contribution in [2.45, 2.75) is 33.8 Å². The van der Waals surface area contributed by atoms with Gasteiger partial charge in [-0.2, -0.15) is 4.20 Å². The summed E-state index contributed by atoms with van der Waals surface area (Å²) in [6, 6.07) is 0. The van der Waals surface area contributed by atoms with Crippen LogP contribution in [0, 0.1) is 5.41 Å². The summed E-state index contributed by atoms with van der Waals surface area (Å²) < 4.78 is 27.8. The van der Waals surface area contributed by atoms with E-state index in [2.05, 4.69) is 0 Å². The van der Waals surface area contributed by atoms with Crippen molar-refractivity contribution < 1.29 is 13.3 Å². The van der Waals surface area contributed by atoms with Gasteiger partial charge in [-0.25, -0.2) is 0 Å². The number of hydrogen-bond donors (Lipinski definition) is 0. The predicted octanol–water partition coefficient (Wildman–Crippen LogP) is 3.23. The van der Waals surface area contributed by atoms with Crippen LogP contribution in [0.4, 0.5) is 4.20 Å². The molecule has 0 heterocycles. The van der Waals surface area contributed by atoms with Crippen molar-refractivity contribution in [2.75, 3.05) is 6.66 Å². The Kier molecular flexibility index (Phi) is 3.27. The zero-order valence-electron chi connectivity index (χ0n) is 7.72. The Hall–Kier alpha value is 0.120. The van der Waals surface area contributed by atoms with Gasteiger partial charge in [-0.3, -0.25) is 4.57 Å². The zero-order valence-corrected chi connectivity index (χ0v) is 8.61. The molecule has 0 aromatic rings. The van der Waals surface area contributed by atoms with E-state index < -0.39 is 7.68 Å². The largest absolute Gasteiger partial charge is 0.364 e. The van der Waals surface area contributed by atoms with Gasteiger partial charge in [-0.15, -0.1) is 0 Å². The van der Waals surface area contributed by atoms with Crippen molar-refractivity contribution >= 4 is 7.68 Å². The van der Waals surface area contributed by atoms with E-state index in [1.807, 2.05) is 20.8 Å². The first-order chi connectivity index (χ1) is 4.63. The normalized spacial score (nSPS) is 20.9. The van der Waals surface area contributed by atoms with Crippen LogP contribution >= 0.6 is 7.68 Å². The van der Waals surface area contributed by atoms with E-state index >= 15 is 0 Å². The Balaban J connectivity index is 4.10. The molecule has 0 spiro atoms. The minimum Gasteiger partial charge on any atom is -0.302 e. The summed E-state index contributed by atoms with van der Waals surface area (Å²) in [5.41, 5.74) is -0.169. The van der Waals surface area contributed by atoms with Gasteiger partial charge in [0.2, 0.25) is 0 Å². The Morgan fingerprint density at radius 3 is 1.91 bits per heavy atom. The Morgan fingerprint density at radius 2 is 1.82 bits per heavy atom. The fourth-order valence-electron chi connectivity index (χ4n) is 0.441. The molecule has 0 aromatic heterocycles. The lowest BCUT2D eigenvalue weighted by atomic mass is 9.91. The first-order valence-electron chi connectivity index (χ1n) is 3.58. The third-order valence-electron chi connectivity index (χ3n) is 1.57. The number of hydrogen-bond acceptors (Lipinski definition) is 2. The zero-order chi connectivity index (χ0) is 9.28. The molecule has 2 atom stereocenters. The molecule has 0 bridgehead atoms. The molecule has 2 nitrogen and oxygen atoms in total. The van der Waals surface area contributed by atoms with Crippen LogP contribution in [-0.4, -0.2) is 12.8 Å². The van der Waals surface area contributed by atoms with E-state index in [1.54, 1.807) is 6.92 Å². The molecule has 0 aliphatic heterocycles. The van der Waals surface area contributed by atoms with Gasteiger partial charge in [0, 0.05) is 6.66 Å². The summed E-state index contributed by atoms with van der Waals surface area (Å²) >= 11 is 0. The predicted molar refractivity (Wildman–Crippen MR) is 44.6 cm³/mol. The second-order valence-corrected chi connectivity index (χ2v) is 5.56. The van der Waals surface area contributed by atoms with Crippen LogP contribution in [0.1, 0.15) is 27.7 Å². The third-order valence-corrected chi connectivity index (χ3v) is 2.26. The van der Waals surface area contributed by atoms with E-state index in [-0.39, 0.29) is 11.5 Å². The molecule has 0 fully saturated rings. The fraction of sp³-hybridized carbons (Fsp3) is 1.00. The van der Waals surface area contributed by atoms with Crippen molar-refractivity contribution in [3.63, 3.8) is 0 Å². The van der Waals surface area contributed by atoms with Gasteiger partial charge in [0.25, 0.3) is 0 Å². The number of halogens is 1. The number of rotatable bonds is 2. The lowest BCUT2D eigenvalue weighted by Crippen LogP contribution is -2.24. The lowest BCUT2D eigenvalue weighted by Gasteiger charge is -2.27. The maximum Gasteiger partial charge on any atom is 0.364 e. The van der Waals surface area contributed by atoms with Crippen LogP contribution in [-0.2, 0) is 9.09 Å². The average Bonchev–Trinajstić information content (AvgIpc) is 1.56. The SMILES string of the molecule is C[C@H](OP(C)(=O)F)C(C)(C)C. The molecule has 68 valence electrons. The van der Waals surface area contributed by atoms with Crippen molar-refractivity contribution in [1.82, 2.24) is 0 Å². The molecule has 1 unspecified atom stereocenters. The van der Waals surface area contributed by atoms with Gasteiger partial charge < -0.3 is 4.52 Å². The quantitative estimate of drug-likeness (QED) is 0.613. The topological polar surface area (TPSA) is 26.3 Å². The Bertz CT molecular complexity index is 168. The second-order valence-electron chi connectivity index (χ2n) is 3.86. The van der Waals surface area contributed by atoms with Gasteiger partial charge in [-0.05, 0) is 12.3 Å². The van der Waals surface area contributed by atoms with E-state index in [0.29, 0.717) is 0 Å². The molecule has 0 saturated carbocycles. The molecule has 0 N–H and O–H groups in total. The molecular formula is C7H16FO2P. The maximum atomic E-state index is 12.5. The summed E-state index contributed by atoms with van der Waals surface area (Å²) in [6.07, 6.45) is -0.330. The average molecular weight is 182 g/mol. The molecule has 0 saturated heterocycles. The highest BCUT2D eigenvalue weighted by Crippen LogP contribution is 2.47. The summed E-state index contributed by atoms with van der Waals surface area (Å²) in [4.78, 5) is 0. The summed E-state index contributed by atoms with van der Waals surface area (Å²) in [5.74, 6) is 0. The van der Waals surface area contributed by atoms with Crippen LogP contribution in [0.5, 0.6) is 0 Å². The molecule has 0 aliphatic carbocycles. The van der Waals surface area contributed by atoms with E-state index in [0.717, 1.165) is 6.66 Å². The van der Waals surface area contributed by atoms with Crippen LogP contribution in [0.15, 0.2) is 0 Å². The van der Waals surface area contributed by atoms with Crippen molar-refractivity contribution in [1.29, 1.82) is 0 Å². The minimum absolute atomic E-state index is 0.169. The highest BCUT2D eigenvalue weighted by Gasteiger charge is 2.27. The monoisotopic (exact) mass is 182 g/mol. The second kappa shape index (κ2) is 3.24. The third kappa shape index (κ3) is 5.40. The van der Waals surface area contributed by atoms with Crippen molar-refractivity contribution in [3.05, 3.63) is 0 Å². The molecule has 4 heteroatoms. The maximum absolute atomic E-state index is 12.5. The molecule has 0 aromatic carbocycles. The van der Waals surface area contributed by atoms with Gasteiger partial charge in [0.15, 0.2) is 0 Å².